The van der Waals surface area contributed by atoms with Crippen molar-refractivity contribution in [1.82, 2.24) is 4.31 Å². The Balaban J connectivity index is 2.95. The van der Waals surface area contributed by atoms with E-state index in [0.717, 1.165) is 4.88 Å². The average molecular weight is 291 g/mol. The Labute approximate surface area is 113 Å². The Hall–Kier alpha value is -0.430. The van der Waals surface area contributed by atoms with Crippen LogP contribution < -0.4 is 0 Å². The van der Waals surface area contributed by atoms with Gasteiger partial charge in [0, 0.05) is 31.0 Å². The lowest BCUT2D eigenvalue weighted by Crippen LogP contribution is -2.33. The Kier molecular flexibility index (Phi) is 5.78. The molecule has 0 fully saturated rings. The lowest BCUT2D eigenvalue weighted by Gasteiger charge is -2.21. The summed E-state index contributed by atoms with van der Waals surface area (Å²) in [7, 11) is -3.37. The molecule has 0 saturated heterocycles. The van der Waals surface area contributed by atoms with Crippen LogP contribution in [0.25, 0.3) is 0 Å². The standard InChI is InChI=1S/C12H21NO3S2/c1-4-13(9-10(2)3)18(15,16)12-6-5-11(17-12)7-8-14/h5-6,10,14H,4,7-9H2,1-3H3. The molecule has 0 aliphatic rings. The van der Waals surface area contributed by atoms with E-state index in [4.69, 9.17) is 5.11 Å². The fourth-order valence-corrected chi connectivity index (χ4v) is 4.78. The zero-order valence-electron chi connectivity index (χ0n) is 11.1. The molecule has 1 heterocycles. The average Bonchev–Trinajstić information content (AvgIpc) is 2.75. The molecular weight excluding hydrogens is 270 g/mol. The molecule has 0 bridgehead atoms. The Morgan fingerprint density at radius 1 is 1.39 bits per heavy atom. The van der Waals surface area contributed by atoms with Crippen molar-refractivity contribution < 1.29 is 13.5 Å². The van der Waals surface area contributed by atoms with E-state index in [2.05, 4.69) is 0 Å². The van der Waals surface area contributed by atoms with Crippen LogP contribution in [0.4, 0.5) is 0 Å². The zero-order chi connectivity index (χ0) is 13.8. The Bertz CT molecular complexity index is 465. The number of sulfonamides is 1. The molecule has 0 radical (unpaired) electrons. The van der Waals surface area contributed by atoms with Gasteiger partial charge in [0.1, 0.15) is 4.21 Å². The summed E-state index contributed by atoms with van der Waals surface area (Å²) in [5.41, 5.74) is 0. The highest BCUT2D eigenvalue weighted by molar-refractivity contribution is 7.91. The normalized spacial score (nSPS) is 12.6. The van der Waals surface area contributed by atoms with E-state index >= 15 is 0 Å². The molecule has 1 N–H and O–H groups in total. The molecule has 0 amide bonds. The number of hydrogen-bond donors (Lipinski definition) is 1. The maximum atomic E-state index is 12.4. The van der Waals surface area contributed by atoms with Crippen LogP contribution in [0, 0.1) is 5.92 Å². The van der Waals surface area contributed by atoms with Gasteiger partial charge in [-0.3, -0.25) is 0 Å². The molecule has 0 atom stereocenters. The molecule has 4 nitrogen and oxygen atoms in total. The summed E-state index contributed by atoms with van der Waals surface area (Å²) < 4.78 is 26.7. The highest BCUT2D eigenvalue weighted by atomic mass is 32.2. The quantitative estimate of drug-likeness (QED) is 0.835. The first-order chi connectivity index (χ1) is 8.41. The molecule has 1 rings (SSSR count). The summed E-state index contributed by atoms with van der Waals surface area (Å²) in [6, 6.07) is 3.41. The van der Waals surface area contributed by atoms with Gasteiger partial charge in [0.25, 0.3) is 10.0 Å². The molecule has 6 heteroatoms. The summed E-state index contributed by atoms with van der Waals surface area (Å²) in [4.78, 5) is 0.900. The van der Waals surface area contributed by atoms with E-state index in [9.17, 15) is 8.42 Å². The van der Waals surface area contributed by atoms with Gasteiger partial charge in [-0.2, -0.15) is 4.31 Å². The van der Waals surface area contributed by atoms with Gasteiger partial charge in [-0.15, -0.1) is 11.3 Å². The predicted molar refractivity (Wildman–Crippen MR) is 74.4 cm³/mol. The van der Waals surface area contributed by atoms with Crippen LogP contribution in [-0.2, 0) is 16.4 Å². The maximum Gasteiger partial charge on any atom is 0.252 e. The van der Waals surface area contributed by atoms with Gasteiger partial charge < -0.3 is 5.11 Å². The molecule has 0 unspecified atom stereocenters. The number of thiophene rings is 1. The molecule has 18 heavy (non-hydrogen) atoms. The van der Waals surface area contributed by atoms with Crippen LogP contribution in [0.2, 0.25) is 0 Å². The van der Waals surface area contributed by atoms with Crippen LogP contribution >= 0.6 is 11.3 Å². The number of aliphatic hydroxyl groups excluding tert-OH is 1. The minimum absolute atomic E-state index is 0.0451. The number of hydrogen-bond acceptors (Lipinski definition) is 4. The van der Waals surface area contributed by atoms with Crippen LogP contribution in [0.1, 0.15) is 25.6 Å². The fraction of sp³-hybridized carbons (Fsp3) is 0.667. The number of nitrogens with zero attached hydrogens (tertiary/aromatic N) is 1. The van der Waals surface area contributed by atoms with Gasteiger partial charge in [-0.25, -0.2) is 8.42 Å². The third-order valence-corrected chi connectivity index (χ3v) is 6.06. The second kappa shape index (κ2) is 6.65. The van der Waals surface area contributed by atoms with Crippen molar-refractivity contribution in [3.05, 3.63) is 17.0 Å². The van der Waals surface area contributed by atoms with Gasteiger partial charge in [0.05, 0.1) is 0 Å². The predicted octanol–water partition coefficient (Wildman–Crippen LogP) is 1.95. The summed E-state index contributed by atoms with van der Waals surface area (Å²) >= 11 is 1.25. The van der Waals surface area contributed by atoms with E-state index < -0.39 is 10.0 Å². The SMILES string of the molecule is CCN(CC(C)C)S(=O)(=O)c1ccc(CCO)s1. The molecule has 0 aromatic carbocycles. The summed E-state index contributed by atoms with van der Waals surface area (Å²) in [6.07, 6.45) is 0.510. The van der Waals surface area contributed by atoms with Crippen molar-refractivity contribution in [2.24, 2.45) is 5.92 Å². The third kappa shape index (κ3) is 3.78. The monoisotopic (exact) mass is 291 g/mol. The molecule has 1 aromatic rings. The minimum atomic E-state index is -3.37. The summed E-state index contributed by atoms with van der Waals surface area (Å²) in [5.74, 6) is 0.302. The van der Waals surface area contributed by atoms with Crippen molar-refractivity contribution in [3.63, 3.8) is 0 Å². The lowest BCUT2D eigenvalue weighted by atomic mass is 10.2. The second-order valence-corrected chi connectivity index (χ2v) is 7.88. The highest BCUT2D eigenvalue weighted by Gasteiger charge is 2.25. The first kappa shape index (κ1) is 15.6. The van der Waals surface area contributed by atoms with Gasteiger partial charge in [-0.1, -0.05) is 20.8 Å². The molecule has 0 saturated carbocycles. The maximum absolute atomic E-state index is 12.4. The Morgan fingerprint density at radius 2 is 2.06 bits per heavy atom. The Morgan fingerprint density at radius 3 is 2.56 bits per heavy atom. The van der Waals surface area contributed by atoms with Crippen LogP contribution in [-0.4, -0.2) is 37.5 Å². The van der Waals surface area contributed by atoms with Crippen molar-refractivity contribution >= 4 is 21.4 Å². The van der Waals surface area contributed by atoms with Crippen LogP contribution in [0.3, 0.4) is 0 Å². The fourth-order valence-electron chi connectivity index (χ4n) is 1.67. The minimum Gasteiger partial charge on any atom is -0.396 e. The van der Waals surface area contributed by atoms with Gasteiger partial charge in [0.15, 0.2) is 0 Å². The van der Waals surface area contributed by atoms with E-state index in [1.54, 1.807) is 12.1 Å². The molecule has 0 aliphatic carbocycles. The largest absolute Gasteiger partial charge is 0.396 e. The molecule has 104 valence electrons. The smallest absolute Gasteiger partial charge is 0.252 e. The third-order valence-electron chi connectivity index (χ3n) is 2.51. The van der Waals surface area contributed by atoms with E-state index in [1.165, 1.54) is 15.6 Å². The zero-order valence-corrected chi connectivity index (χ0v) is 12.7. The van der Waals surface area contributed by atoms with Gasteiger partial charge >= 0.3 is 0 Å². The molecule has 1 aromatic heterocycles. The highest BCUT2D eigenvalue weighted by Crippen LogP contribution is 2.25. The lowest BCUT2D eigenvalue weighted by molar-refractivity contribution is 0.300. The van der Waals surface area contributed by atoms with Crippen molar-refractivity contribution in [3.8, 4) is 0 Å². The van der Waals surface area contributed by atoms with Crippen molar-refractivity contribution in [2.45, 2.75) is 31.4 Å². The number of rotatable bonds is 7. The van der Waals surface area contributed by atoms with Gasteiger partial charge in [-0.05, 0) is 18.1 Å². The van der Waals surface area contributed by atoms with Crippen molar-refractivity contribution in [1.29, 1.82) is 0 Å². The topological polar surface area (TPSA) is 57.6 Å². The van der Waals surface area contributed by atoms with Crippen molar-refractivity contribution in [2.75, 3.05) is 19.7 Å². The molecule has 0 aliphatic heterocycles. The second-order valence-electron chi connectivity index (χ2n) is 4.54. The first-order valence-electron chi connectivity index (χ1n) is 6.11. The molecular formula is C12H21NO3S2. The molecule has 0 spiro atoms. The van der Waals surface area contributed by atoms with E-state index in [1.807, 2.05) is 20.8 Å². The van der Waals surface area contributed by atoms with Gasteiger partial charge in [0.2, 0.25) is 0 Å². The summed E-state index contributed by atoms with van der Waals surface area (Å²) in [5, 5.41) is 8.85. The number of aliphatic hydroxyl groups is 1. The summed E-state index contributed by atoms with van der Waals surface area (Å²) in [6.45, 7) is 6.92. The first-order valence-corrected chi connectivity index (χ1v) is 8.37. The van der Waals surface area contributed by atoms with E-state index in [-0.39, 0.29) is 6.61 Å². The van der Waals surface area contributed by atoms with E-state index in [0.29, 0.717) is 29.6 Å². The van der Waals surface area contributed by atoms with Crippen LogP contribution in [0.5, 0.6) is 0 Å². The van der Waals surface area contributed by atoms with Crippen LogP contribution in [0.15, 0.2) is 16.3 Å².